The van der Waals surface area contributed by atoms with Gasteiger partial charge in [-0.05, 0) is 73.8 Å². The zero-order valence-electron chi connectivity index (χ0n) is 16.2. The summed E-state index contributed by atoms with van der Waals surface area (Å²) >= 11 is 13.4. The summed E-state index contributed by atoms with van der Waals surface area (Å²) in [5.41, 5.74) is 4.31. The summed E-state index contributed by atoms with van der Waals surface area (Å²) in [6.45, 7) is 0.792. The monoisotopic (exact) mass is 555 g/mol. The maximum atomic E-state index is 9.68. The molecule has 0 radical (unpaired) electrons. The predicted molar refractivity (Wildman–Crippen MR) is 131 cm³/mol. The molecule has 3 aromatic carbocycles. The van der Waals surface area contributed by atoms with Gasteiger partial charge in [0.2, 0.25) is 0 Å². The molecule has 4 rings (SSSR count). The fourth-order valence-electron chi connectivity index (χ4n) is 3.20. The SMILES string of the molecule is N#C/C(=C/c1cc(Br)c(OCc2ccccc2Cl)c(Br)c1)Cn1cnc2ccccc21. The number of para-hydroxylation sites is 2. The van der Waals surface area contributed by atoms with Gasteiger partial charge in [-0.3, -0.25) is 0 Å². The number of nitriles is 1. The molecular formula is C24H16Br2ClN3O. The fraction of sp³-hybridized carbons (Fsp3) is 0.0833. The molecule has 0 saturated carbocycles. The van der Waals surface area contributed by atoms with Gasteiger partial charge in [-0.25, -0.2) is 4.98 Å². The van der Waals surface area contributed by atoms with Crippen molar-refractivity contribution in [3.8, 4) is 11.8 Å². The minimum atomic E-state index is 0.350. The van der Waals surface area contributed by atoms with E-state index in [9.17, 15) is 5.26 Å². The summed E-state index contributed by atoms with van der Waals surface area (Å²) in [5.74, 6) is 0.677. The van der Waals surface area contributed by atoms with Crippen LogP contribution in [-0.2, 0) is 13.2 Å². The fourth-order valence-corrected chi connectivity index (χ4v) is 4.84. The van der Waals surface area contributed by atoms with Crippen LogP contribution in [0, 0.1) is 11.3 Å². The molecule has 0 aliphatic rings. The summed E-state index contributed by atoms with van der Waals surface area (Å²) in [6.07, 6.45) is 3.62. The van der Waals surface area contributed by atoms with E-state index in [2.05, 4.69) is 42.9 Å². The van der Waals surface area contributed by atoms with Gasteiger partial charge < -0.3 is 9.30 Å². The lowest BCUT2D eigenvalue weighted by Crippen LogP contribution is -1.99. The maximum absolute atomic E-state index is 9.68. The van der Waals surface area contributed by atoms with Gasteiger partial charge in [0.25, 0.3) is 0 Å². The molecule has 0 fully saturated rings. The lowest BCUT2D eigenvalue weighted by molar-refractivity contribution is 0.302. The highest BCUT2D eigenvalue weighted by Gasteiger charge is 2.11. The Morgan fingerprint density at radius 3 is 2.55 bits per heavy atom. The van der Waals surface area contributed by atoms with Crippen LogP contribution in [0.4, 0.5) is 0 Å². The van der Waals surface area contributed by atoms with Crippen LogP contribution in [0.5, 0.6) is 5.75 Å². The first-order valence-corrected chi connectivity index (χ1v) is 11.4. The van der Waals surface area contributed by atoms with Crippen molar-refractivity contribution in [1.82, 2.24) is 9.55 Å². The van der Waals surface area contributed by atoms with Gasteiger partial charge in [-0.2, -0.15) is 5.26 Å². The molecule has 0 unspecified atom stereocenters. The number of ether oxygens (including phenoxy) is 1. The average molecular weight is 558 g/mol. The second-order valence-corrected chi connectivity index (χ2v) is 8.95. The zero-order valence-corrected chi connectivity index (χ0v) is 20.2. The maximum Gasteiger partial charge on any atom is 0.148 e. The van der Waals surface area contributed by atoms with Gasteiger partial charge in [0.15, 0.2) is 0 Å². The van der Waals surface area contributed by atoms with Crippen molar-refractivity contribution >= 4 is 60.6 Å². The van der Waals surface area contributed by atoms with E-state index in [-0.39, 0.29) is 0 Å². The van der Waals surface area contributed by atoms with E-state index >= 15 is 0 Å². The standard InChI is InChI=1S/C24H16Br2ClN3O/c25-19-10-16(11-20(26)24(19)31-14-18-5-1-2-6-21(18)27)9-17(12-28)13-30-15-29-22-7-3-4-8-23(22)30/h1-11,15H,13-14H2/b17-9-. The van der Waals surface area contributed by atoms with Crippen LogP contribution in [0.25, 0.3) is 17.1 Å². The first-order chi connectivity index (χ1) is 15.0. The Balaban J connectivity index is 1.55. The highest BCUT2D eigenvalue weighted by atomic mass is 79.9. The topological polar surface area (TPSA) is 50.8 Å². The lowest BCUT2D eigenvalue weighted by Gasteiger charge is -2.12. The minimum Gasteiger partial charge on any atom is -0.486 e. The Morgan fingerprint density at radius 1 is 1.10 bits per heavy atom. The molecule has 0 N–H and O–H groups in total. The van der Waals surface area contributed by atoms with Crippen molar-refractivity contribution in [3.63, 3.8) is 0 Å². The van der Waals surface area contributed by atoms with Crippen LogP contribution >= 0.6 is 43.5 Å². The molecule has 7 heteroatoms. The molecule has 1 aromatic heterocycles. The highest BCUT2D eigenvalue weighted by Crippen LogP contribution is 2.36. The smallest absolute Gasteiger partial charge is 0.148 e. The van der Waals surface area contributed by atoms with Crippen molar-refractivity contribution in [3.05, 3.63) is 97.7 Å². The number of nitrogens with zero attached hydrogens (tertiary/aromatic N) is 3. The number of hydrogen-bond donors (Lipinski definition) is 0. The Morgan fingerprint density at radius 2 is 1.81 bits per heavy atom. The van der Waals surface area contributed by atoms with Gasteiger partial charge in [0.1, 0.15) is 12.4 Å². The van der Waals surface area contributed by atoms with Crippen LogP contribution in [-0.4, -0.2) is 9.55 Å². The van der Waals surface area contributed by atoms with E-state index < -0.39 is 0 Å². The number of rotatable bonds is 6. The van der Waals surface area contributed by atoms with E-state index in [0.29, 0.717) is 29.5 Å². The molecule has 0 aliphatic heterocycles. The number of imidazole rings is 1. The van der Waals surface area contributed by atoms with Gasteiger partial charge in [0.05, 0.1) is 38.9 Å². The first kappa shape index (κ1) is 21.6. The molecule has 4 aromatic rings. The molecule has 0 atom stereocenters. The van der Waals surface area contributed by atoms with Gasteiger partial charge >= 0.3 is 0 Å². The zero-order chi connectivity index (χ0) is 21.8. The number of aromatic nitrogens is 2. The second-order valence-electron chi connectivity index (χ2n) is 6.84. The van der Waals surface area contributed by atoms with Crippen molar-refractivity contribution < 1.29 is 4.74 Å². The molecule has 0 aliphatic carbocycles. The van der Waals surface area contributed by atoms with Crippen molar-refractivity contribution in [1.29, 1.82) is 5.26 Å². The van der Waals surface area contributed by atoms with Crippen molar-refractivity contribution in [2.45, 2.75) is 13.2 Å². The van der Waals surface area contributed by atoms with Crippen LogP contribution in [0.2, 0.25) is 5.02 Å². The van der Waals surface area contributed by atoms with Crippen LogP contribution in [0.3, 0.4) is 0 Å². The molecule has 0 bridgehead atoms. The molecule has 31 heavy (non-hydrogen) atoms. The summed E-state index contributed by atoms with van der Waals surface area (Å²) in [4.78, 5) is 4.39. The second kappa shape index (κ2) is 9.69. The van der Waals surface area contributed by atoms with Crippen molar-refractivity contribution in [2.75, 3.05) is 0 Å². The summed E-state index contributed by atoms with van der Waals surface area (Å²) in [6, 6.07) is 21.6. The van der Waals surface area contributed by atoms with E-state index in [1.165, 1.54) is 0 Å². The molecule has 0 saturated heterocycles. The number of hydrogen-bond acceptors (Lipinski definition) is 3. The van der Waals surface area contributed by atoms with Crippen molar-refractivity contribution in [2.24, 2.45) is 0 Å². The molecule has 1 heterocycles. The highest BCUT2D eigenvalue weighted by molar-refractivity contribution is 9.11. The Labute approximate surface area is 202 Å². The third-order valence-electron chi connectivity index (χ3n) is 4.70. The first-order valence-electron chi connectivity index (χ1n) is 9.41. The normalized spacial score (nSPS) is 11.5. The summed E-state index contributed by atoms with van der Waals surface area (Å²) < 4.78 is 9.51. The lowest BCUT2D eigenvalue weighted by atomic mass is 10.1. The van der Waals surface area contributed by atoms with E-state index in [1.54, 1.807) is 6.33 Å². The largest absolute Gasteiger partial charge is 0.486 e. The molecule has 0 spiro atoms. The van der Waals surface area contributed by atoms with Crippen LogP contribution in [0.15, 0.2) is 81.5 Å². The average Bonchev–Trinajstić information content (AvgIpc) is 3.17. The number of allylic oxidation sites excluding steroid dienone is 1. The third kappa shape index (κ3) is 5.01. The van der Waals surface area contributed by atoms with E-state index in [4.69, 9.17) is 16.3 Å². The van der Waals surface area contributed by atoms with Gasteiger partial charge in [-0.15, -0.1) is 0 Å². The molecule has 154 valence electrons. The van der Waals surface area contributed by atoms with Crippen LogP contribution in [0.1, 0.15) is 11.1 Å². The van der Waals surface area contributed by atoms with Gasteiger partial charge in [0, 0.05) is 16.2 Å². The van der Waals surface area contributed by atoms with Crippen LogP contribution < -0.4 is 4.74 Å². The third-order valence-corrected chi connectivity index (χ3v) is 6.25. The number of benzene rings is 3. The summed E-state index contributed by atoms with van der Waals surface area (Å²) in [5, 5.41) is 10.3. The molecule has 0 amide bonds. The predicted octanol–water partition coefficient (Wildman–Crippen LogP) is 7.40. The Kier molecular flexibility index (Phi) is 6.77. The van der Waals surface area contributed by atoms with Gasteiger partial charge in [-0.1, -0.05) is 41.9 Å². The Bertz CT molecular complexity index is 1300. The molecule has 4 nitrogen and oxygen atoms in total. The number of halogens is 3. The Hall–Kier alpha value is -2.59. The minimum absolute atomic E-state index is 0.350. The van der Waals surface area contributed by atoms with E-state index in [0.717, 1.165) is 31.1 Å². The quantitative estimate of drug-likeness (QED) is 0.232. The van der Waals surface area contributed by atoms with E-state index in [1.807, 2.05) is 71.3 Å². The number of fused-ring (bicyclic) bond motifs is 1. The summed E-state index contributed by atoms with van der Waals surface area (Å²) in [7, 11) is 0. The molecular weight excluding hydrogens is 542 g/mol.